The van der Waals surface area contributed by atoms with Crippen LogP contribution in [0.4, 0.5) is 4.39 Å². The molecule has 3 rings (SSSR count). The Morgan fingerprint density at radius 3 is 2.88 bits per heavy atom. The second kappa shape index (κ2) is 7.35. The maximum absolute atomic E-state index is 13.2. The number of likely N-dealkylation sites (tertiary alicyclic amines) is 1. The number of carbonyl (C=O) groups excluding carboxylic acids is 2. The van der Waals surface area contributed by atoms with Crippen LogP contribution in [-0.4, -0.2) is 29.8 Å². The SMILES string of the molecule is CC1(C(=O)NCc2cccc(F)c2)CCCN(C(=O)c2cccs2)C1. The van der Waals surface area contributed by atoms with Crippen LogP contribution in [0.5, 0.6) is 0 Å². The fourth-order valence-corrected chi connectivity index (χ4v) is 3.89. The number of nitrogens with one attached hydrogen (secondary N) is 1. The molecule has 2 heterocycles. The molecular weight excluding hydrogens is 339 g/mol. The molecule has 1 fully saturated rings. The molecule has 1 aliphatic rings. The molecule has 0 saturated carbocycles. The van der Waals surface area contributed by atoms with Gasteiger partial charge in [-0.2, -0.15) is 0 Å². The minimum atomic E-state index is -0.626. The van der Waals surface area contributed by atoms with Gasteiger partial charge in [-0.3, -0.25) is 9.59 Å². The zero-order valence-corrected chi connectivity index (χ0v) is 14.9. The molecule has 1 aromatic heterocycles. The molecule has 25 heavy (non-hydrogen) atoms. The summed E-state index contributed by atoms with van der Waals surface area (Å²) in [5, 5.41) is 4.77. The van der Waals surface area contributed by atoms with Gasteiger partial charge < -0.3 is 10.2 Å². The van der Waals surface area contributed by atoms with Crippen molar-refractivity contribution in [2.75, 3.05) is 13.1 Å². The van der Waals surface area contributed by atoms with Gasteiger partial charge >= 0.3 is 0 Å². The summed E-state index contributed by atoms with van der Waals surface area (Å²) in [7, 11) is 0. The van der Waals surface area contributed by atoms with Crippen molar-refractivity contribution < 1.29 is 14.0 Å². The monoisotopic (exact) mass is 360 g/mol. The molecule has 0 spiro atoms. The molecule has 1 N–H and O–H groups in total. The van der Waals surface area contributed by atoms with Crippen LogP contribution < -0.4 is 5.32 Å². The Balaban J connectivity index is 1.63. The summed E-state index contributed by atoms with van der Waals surface area (Å²) in [6.45, 7) is 3.25. The van der Waals surface area contributed by atoms with Crippen molar-refractivity contribution in [1.82, 2.24) is 10.2 Å². The summed E-state index contributed by atoms with van der Waals surface area (Å²) in [5.74, 6) is -0.428. The first-order chi connectivity index (χ1) is 12.0. The summed E-state index contributed by atoms with van der Waals surface area (Å²) >= 11 is 1.41. The topological polar surface area (TPSA) is 49.4 Å². The van der Waals surface area contributed by atoms with E-state index in [4.69, 9.17) is 0 Å². The van der Waals surface area contributed by atoms with Crippen molar-refractivity contribution in [3.63, 3.8) is 0 Å². The Labute approximate surface area is 150 Å². The molecule has 1 aromatic carbocycles. The number of benzene rings is 1. The second-order valence-corrected chi connectivity index (χ2v) is 7.63. The Bertz CT molecular complexity index is 763. The minimum Gasteiger partial charge on any atom is -0.351 e. The first-order valence-electron chi connectivity index (χ1n) is 8.33. The van der Waals surface area contributed by atoms with Gasteiger partial charge in [-0.1, -0.05) is 18.2 Å². The standard InChI is InChI=1S/C19H21FN2O2S/c1-19(18(24)21-12-14-5-2-6-15(20)11-14)8-4-9-22(13-19)17(23)16-7-3-10-25-16/h2-3,5-7,10-11H,4,8-9,12-13H2,1H3,(H,21,24). The van der Waals surface area contributed by atoms with Crippen LogP contribution in [0.1, 0.15) is 35.0 Å². The highest BCUT2D eigenvalue weighted by atomic mass is 32.1. The third-order valence-corrected chi connectivity index (χ3v) is 5.46. The second-order valence-electron chi connectivity index (χ2n) is 6.68. The molecule has 4 nitrogen and oxygen atoms in total. The normalized spacial score (nSPS) is 20.3. The number of halogens is 1. The predicted molar refractivity (Wildman–Crippen MR) is 95.8 cm³/mol. The van der Waals surface area contributed by atoms with E-state index >= 15 is 0 Å². The molecule has 132 valence electrons. The number of hydrogen-bond donors (Lipinski definition) is 1. The maximum Gasteiger partial charge on any atom is 0.263 e. The summed E-state index contributed by atoms with van der Waals surface area (Å²) < 4.78 is 13.2. The highest BCUT2D eigenvalue weighted by Crippen LogP contribution is 2.31. The quantitative estimate of drug-likeness (QED) is 0.908. The lowest BCUT2D eigenvalue weighted by molar-refractivity contribution is -0.132. The van der Waals surface area contributed by atoms with Crippen molar-refractivity contribution in [1.29, 1.82) is 0 Å². The molecule has 1 aliphatic heterocycles. The van der Waals surface area contributed by atoms with E-state index in [1.165, 1.54) is 23.5 Å². The average Bonchev–Trinajstić information content (AvgIpc) is 3.13. The summed E-state index contributed by atoms with van der Waals surface area (Å²) in [5.41, 5.74) is 0.0951. The smallest absolute Gasteiger partial charge is 0.263 e. The van der Waals surface area contributed by atoms with E-state index < -0.39 is 5.41 Å². The molecular formula is C19H21FN2O2S. The van der Waals surface area contributed by atoms with Gasteiger partial charge in [0, 0.05) is 19.6 Å². The van der Waals surface area contributed by atoms with E-state index in [2.05, 4.69) is 5.32 Å². The Morgan fingerprint density at radius 1 is 1.32 bits per heavy atom. The van der Waals surface area contributed by atoms with E-state index in [-0.39, 0.29) is 24.2 Å². The summed E-state index contributed by atoms with van der Waals surface area (Å²) in [4.78, 5) is 27.7. The molecule has 2 aromatic rings. The number of carbonyl (C=O) groups is 2. The molecule has 6 heteroatoms. The number of nitrogens with zero attached hydrogens (tertiary/aromatic N) is 1. The largest absolute Gasteiger partial charge is 0.351 e. The van der Waals surface area contributed by atoms with Crippen LogP contribution in [0.3, 0.4) is 0 Å². The third kappa shape index (κ3) is 4.07. The summed E-state index contributed by atoms with van der Waals surface area (Å²) in [6, 6.07) is 9.85. The van der Waals surface area contributed by atoms with Crippen molar-refractivity contribution >= 4 is 23.2 Å². The van der Waals surface area contributed by atoms with Gasteiger partial charge in [0.1, 0.15) is 5.82 Å². The van der Waals surface area contributed by atoms with Gasteiger partial charge in [-0.15, -0.1) is 11.3 Å². The molecule has 2 amide bonds. The fraction of sp³-hybridized carbons (Fsp3) is 0.368. The first-order valence-corrected chi connectivity index (χ1v) is 9.21. The molecule has 0 radical (unpaired) electrons. The fourth-order valence-electron chi connectivity index (χ4n) is 3.20. The van der Waals surface area contributed by atoms with Crippen LogP contribution in [-0.2, 0) is 11.3 Å². The van der Waals surface area contributed by atoms with Gasteiger partial charge in [0.05, 0.1) is 10.3 Å². The molecule has 1 saturated heterocycles. The lowest BCUT2D eigenvalue weighted by Gasteiger charge is -2.39. The van der Waals surface area contributed by atoms with E-state index in [0.717, 1.165) is 18.4 Å². The number of amides is 2. The van der Waals surface area contributed by atoms with Crippen molar-refractivity contribution in [3.8, 4) is 0 Å². The van der Waals surface area contributed by atoms with Crippen LogP contribution in [0.25, 0.3) is 0 Å². The van der Waals surface area contributed by atoms with E-state index in [1.807, 2.05) is 24.4 Å². The lowest BCUT2D eigenvalue weighted by atomic mass is 9.80. The van der Waals surface area contributed by atoms with E-state index in [9.17, 15) is 14.0 Å². The van der Waals surface area contributed by atoms with Crippen molar-refractivity contribution in [2.24, 2.45) is 5.41 Å². The maximum atomic E-state index is 13.2. The summed E-state index contributed by atoms with van der Waals surface area (Å²) in [6.07, 6.45) is 1.53. The van der Waals surface area contributed by atoms with E-state index in [1.54, 1.807) is 17.0 Å². The minimum absolute atomic E-state index is 0.0149. The van der Waals surface area contributed by atoms with Gasteiger partial charge in [0.15, 0.2) is 0 Å². The number of rotatable bonds is 4. The van der Waals surface area contributed by atoms with Crippen LogP contribution in [0.15, 0.2) is 41.8 Å². The zero-order valence-electron chi connectivity index (χ0n) is 14.1. The van der Waals surface area contributed by atoms with Gasteiger partial charge in [-0.25, -0.2) is 4.39 Å². The number of hydrogen-bond acceptors (Lipinski definition) is 3. The highest BCUT2D eigenvalue weighted by Gasteiger charge is 2.39. The van der Waals surface area contributed by atoms with Crippen LogP contribution >= 0.6 is 11.3 Å². The van der Waals surface area contributed by atoms with Crippen LogP contribution in [0.2, 0.25) is 0 Å². The number of thiophene rings is 1. The Kier molecular flexibility index (Phi) is 5.18. The van der Waals surface area contributed by atoms with Gasteiger partial charge in [-0.05, 0) is 48.9 Å². The van der Waals surface area contributed by atoms with Crippen LogP contribution in [0, 0.1) is 11.2 Å². The predicted octanol–water partition coefficient (Wildman–Crippen LogP) is 3.45. The highest BCUT2D eigenvalue weighted by molar-refractivity contribution is 7.12. The molecule has 0 aliphatic carbocycles. The molecule has 1 unspecified atom stereocenters. The van der Waals surface area contributed by atoms with Crippen molar-refractivity contribution in [2.45, 2.75) is 26.3 Å². The lowest BCUT2D eigenvalue weighted by Crippen LogP contribution is -2.51. The number of piperidine rings is 1. The Morgan fingerprint density at radius 2 is 2.16 bits per heavy atom. The zero-order chi connectivity index (χ0) is 17.9. The molecule has 1 atom stereocenters. The van der Waals surface area contributed by atoms with E-state index in [0.29, 0.717) is 18.0 Å². The molecule has 0 bridgehead atoms. The van der Waals surface area contributed by atoms with Crippen molar-refractivity contribution in [3.05, 3.63) is 58.0 Å². The Hall–Kier alpha value is -2.21. The van der Waals surface area contributed by atoms with Gasteiger partial charge in [0.2, 0.25) is 5.91 Å². The third-order valence-electron chi connectivity index (χ3n) is 4.61. The first kappa shape index (κ1) is 17.6. The van der Waals surface area contributed by atoms with Gasteiger partial charge in [0.25, 0.3) is 5.91 Å². The average molecular weight is 360 g/mol.